The summed E-state index contributed by atoms with van der Waals surface area (Å²) in [5.41, 5.74) is 5.91. The molecule has 0 saturated carbocycles. The number of hydrogen-bond donors (Lipinski definition) is 1. The Morgan fingerprint density at radius 1 is 0.893 bits per heavy atom. The molecule has 0 fully saturated rings. The van der Waals surface area contributed by atoms with E-state index in [0.717, 1.165) is 27.6 Å². The van der Waals surface area contributed by atoms with Gasteiger partial charge in [-0.3, -0.25) is 0 Å². The minimum atomic E-state index is -0.207. The third kappa shape index (κ3) is 2.41. The van der Waals surface area contributed by atoms with Gasteiger partial charge in [-0.25, -0.2) is 14.3 Å². The highest BCUT2D eigenvalue weighted by molar-refractivity contribution is 7.12. The Morgan fingerprint density at radius 3 is 2.11 bits per heavy atom. The molecule has 0 saturated heterocycles. The summed E-state index contributed by atoms with van der Waals surface area (Å²) in [7, 11) is 0. The maximum absolute atomic E-state index is 12.6. The van der Waals surface area contributed by atoms with Crippen molar-refractivity contribution in [1.29, 1.82) is 0 Å². The first-order valence-corrected chi connectivity index (χ1v) is 10.8. The number of fused-ring (bicyclic) bond motifs is 3. The average Bonchev–Trinajstić information content (AvgIpc) is 3.31. The molecule has 0 spiro atoms. The zero-order valence-corrected chi connectivity index (χ0v) is 17.7. The molecule has 0 amide bonds. The molecule has 1 aromatic carbocycles. The lowest BCUT2D eigenvalue weighted by atomic mass is 9.92. The Bertz CT molecular complexity index is 1430. The van der Waals surface area contributed by atoms with Gasteiger partial charge in [0.15, 0.2) is 5.65 Å². The van der Waals surface area contributed by atoms with Crippen LogP contribution in [0, 0.1) is 27.7 Å². The number of aryl methyl sites for hydroxylation is 4. The number of aromatic amines is 1. The zero-order valence-electron chi connectivity index (χ0n) is 16.1. The predicted molar refractivity (Wildman–Crippen MR) is 119 cm³/mol. The summed E-state index contributed by atoms with van der Waals surface area (Å²) in [6.07, 6.45) is 0. The monoisotopic (exact) mass is 405 g/mol. The second-order valence-electron chi connectivity index (χ2n) is 7.11. The summed E-state index contributed by atoms with van der Waals surface area (Å²) in [5, 5.41) is 8.19. The van der Waals surface area contributed by atoms with Crippen LogP contribution in [0.2, 0.25) is 0 Å². The standard InChI is InChI=1S/C22H19N3OS2/c1-11-9-16(13(3)27-11)19-15-7-5-6-8-18(15)25-21(23-24-22(25)26)20(19)17-10-12(2)28-14(17)4/h5-10H,1-4H3,(H,24,26). The summed E-state index contributed by atoms with van der Waals surface area (Å²) in [4.78, 5) is 17.7. The Hall–Kier alpha value is -2.70. The number of pyridine rings is 1. The Labute approximate surface area is 170 Å². The smallest absolute Gasteiger partial charge is 0.246 e. The van der Waals surface area contributed by atoms with E-state index in [4.69, 9.17) is 0 Å². The fourth-order valence-electron chi connectivity index (χ4n) is 4.11. The number of thiophene rings is 2. The van der Waals surface area contributed by atoms with Crippen molar-refractivity contribution in [3.63, 3.8) is 0 Å². The van der Waals surface area contributed by atoms with Crippen molar-refractivity contribution in [2.45, 2.75) is 27.7 Å². The number of H-pyrrole nitrogens is 1. The summed E-state index contributed by atoms with van der Waals surface area (Å²) in [6.45, 7) is 8.56. The molecular weight excluding hydrogens is 386 g/mol. The fraction of sp³-hybridized carbons (Fsp3) is 0.182. The molecular formula is C22H19N3OS2. The highest BCUT2D eigenvalue weighted by atomic mass is 32.1. The Kier molecular flexibility index (Phi) is 3.82. The van der Waals surface area contributed by atoms with Gasteiger partial charge < -0.3 is 0 Å². The lowest BCUT2D eigenvalue weighted by Gasteiger charge is -2.15. The molecule has 0 aliphatic heterocycles. The molecule has 4 aromatic heterocycles. The molecule has 0 aliphatic carbocycles. The summed E-state index contributed by atoms with van der Waals surface area (Å²) in [5.74, 6) is 0. The lowest BCUT2D eigenvalue weighted by molar-refractivity contribution is 1.04. The van der Waals surface area contributed by atoms with E-state index in [0.29, 0.717) is 5.65 Å². The number of rotatable bonds is 2. The van der Waals surface area contributed by atoms with Crippen LogP contribution in [0.5, 0.6) is 0 Å². The first-order valence-electron chi connectivity index (χ1n) is 9.12. The van der Waals surface area contributed by atoms with Gasteiger partial charge in [-0.1, -0.05) is 18.2 Å². The van der Waals surface area contributed by atoms with E-state index in [1.807, 2.05) is 18.2 Å². The normalized spacial score (nSPS) is 11.7. The molecule has 1 N–H and O–H groups in total. The Balaban J connectivity index is 2.09. The summed E-state index contributed by atoms with van der Waals surface area (Å²) >= 11 is 3.58. The molecule has 5 rings (SSSR count). The van der Waals surface area contributed by atoms with Gasteiger partial charge in [0.25, 0.3) is 0 Å². The molecule has 0 bridgehead atoms. The molecule has 0 aliphatic rings. The van der Waals surface area contributed by atoms with E-state index in [-0.39, 0.29) is 5.69 Å². The van der Waals surface area contributed by atoms with Gasteiger partial charge >= 0.3 is 5.69 Å². The topological polar surface area (TPSA) is 50.2 Å². The van der Waals surface area contributed by atoms with Crippen molar-refractivity contribution in [2.75, 3.05) is 0 Å². The lowest BCUT2D eigenvalue weighted by Crippen LogP contribution is -2.11. The molecule has 6 heteroatoms. The molecule has 0 radical (unpaired) electrons. The fourth-order valence-corrected chi connectivity index (χ4v) is 5.97. The largest absolute Gasteiger partial charge is 0.348 e. The molecule has 4 nitrogen and oxygen atoms in total. The van der Waals surface area contributed by atoms with Crippen LogP contribution >= 0.6 is 22.7 Å². The van der Waals surface area contributed by atoms with Crippen LogP contribution in [0.25, 0.3) is 38.8 Å². The zero-order chi connectivity index (χ0) is 19.6. The van der Waals surface area contributed by atoms with Gasteiger partial charge in [0.2, 0.25) is 0 Å². The van der Waals surface area contributed by atoms with Crippen molar-refractivity contribution in [3.8, 4) is 22.3 Å². The number of nitrogens with zero attached hydrogens (tertiary/aromatic N) is 2. The van der Waals surface area contributed by atoms with E-state index in [9.17, 15) is 4.79 Å². The quantitative estimate of drug-likeness (QED) is 0.399. The number of aromatic nitrogens is 3. The van der Waals surface area contributed by atoms with Crippen LogP contribution in [-0.2, 0) is 0 Å². The van der Waals surface area contributed by atoms with E-state index in [1.54, 1.807) is 27.1 Å². The van der Waals surface area contributed by atoms with Crippen molar-refractivity contribution in [1.82, 2.24) is 14.6 Å². The van der Waals surface area contributed by atoms with Crippen LogP contribution in [-0.4, -0.2) is 14.6 Å². The van der Waals surface area contributed by atoms with E-state index in [1.165, 1.54) is 25.1 Å². The second-order valence-corrected chi connectivity index (χ2v) is 10.0. The van der Waals surface area contributed by atoms with E-state index >= 15 is 0 Å². The highest BCUT2D eigenvalue weighted by Crippen LogP contribution is 2.45. The molecule has 28 heavy (non-hydrogen) atoms. The highest BCUT2D eigenvalue weighted by Gasteiger charge is 2.23. The average molecular weight is 406 g/mol. The SMILES string of the molecule is Cc1cc(-c2c(-c3cc(C)sc3C)c3n[nH]c(=O)n3c3ccccc23)c(C)s1. The predicted octanol–water partition coefficient (Wildman–Crippen LogP) is 5.87. The molecule has 0 unspecified atom stereocenters. The van der Waals surface area contributed by atoms with Crippen molar-refractivity contribution >= 4 is 39.2 Å². The Morgan fingerprint density at radius 2 is 1.50 bits per heavy atom. The van der Waals surface area contributed by atoms with Crippen LogP contribution in [0.15, 0.2) is 41.2 Å². The van der Waals surface area contributed by atoms with Crippen LogP contribution in [0.4, 0.5) is 0 Å². The number of nitrogens with one attached hydrogen (secondary N) is 1. The minimum absolute atomic E-state index is 0.207. The first-order chi connectivity index (χ1) is 13.5. The van der Waals surface area contributed by atoms with Crippen LogP contribution in [0.3, 0.4) is 0 Å². The van der Waals surface area contributed by atoms with Crippen LogP contribution < -0.4 is 5.69 Å². The second kappa shape index (κ2) is 6.15. The van der Waals surface area contributed by atoms with Gasteiger partial charge in [-0.05, 0) is 57.0 Å². The van der Waals surface area contributed by atoms with Gasteiger partial charge in [-0.2, -0.15) is 5.10 Å². The first kappa shape index (κ1) is 17.4. The molecule has 140 valence electrons. The maximum atomic E-state index is 12.6. The van der Waals surface area contributed by atoms with Gasteiger partial charge in [0.1, 0.15) is 0 Å². The van der Waals surface area contributed by atoms with E-state index in [2.05, 4.69) is 56.1 Å². The van der Waals surface area contributed by atoms with Gasteiger partial charge in [-0.15, -0.1) is 22.7 Å². The molecule has 4 heterocycles. The minimum Gasteiger partial charge on any atom is -0.246 e. The third-order valence-corrected chi connectivity index (χ3v) is 7.11. The maximum Gasteiger partial charge on any atom is 0.348 e. The van der Waals surface area contributed by atoms with Crippen molar-refractivity contribution in [2.24, 2.45) is 0 Å². The number of para-hydroxylation sites is 1. The van der Waals surface area contributed by atoms with Crippen molar-refractivity contribution in [3.05, 3.63) is 66.4 Å². The van der Waals surface area contributed by atoms with Crippen molar-refractivity contribution < 1.29 is 0 Å². The van der Waals surface area contributed by atoms with E-state index < -0.39 is 0 Å². The molecule has 5 aromatic rings. The number of benzene rings is 1. The third-order valence-electron chi connectivity index (χ3n) is 5.18. The number of hydrogen-bond acceptors (Lipinski definition) is 4. The summed E-state index contributed by atoms with van der Waals surface area (Å²) in [6, 6.07) is 12.6. The van der Waals surface area contributed by atoms with Crippen LogP contribution in [0.1, 0.15) is 19.5 Å². The van der Waals surface area contributed by atoms with Gasteiger partial charge in [0.05, 0.1) is 5.52 Å². The molecule has 0 atom stereocenters. The van der Waals surface area contributed by atoms with Gasteiger partial charge in [0, 0.05) is 36.0 Å². The summed E-state index contributed by atoms with van der Waals surface area (Å²) < 4.78 is 1.70.